The Morgan fingerprint density at radius 1 is 1.30 bits per heavy atom. The summed E-state index contributed by atoms with van der Waals surface area (Å²) in [4.78, 5) is 30.1. The normalized spacial score (nSPS) is 13.1. The maximum atomic E-state index is 13.0. The highest BCUT2D eigenvalue weighted by Gasteiger charge is 2.31. The number of ether oxygens (including phenoxy) is 1. The molecule has 2 heterocycles. The molecule has 2 aromatic rings. The van der Waals surface area contributed by atoms with E-state index in [2.05, 4.69) is 15.4 Å². The molecule has 7 heteroatoms. The first-order valence-corrected chi connectivity index (χ1v) is 9.30. The highest BCUT2D eigenvalue weighted by molar-refractivity contribution is 6.04. The number of pyridine rings is 1. The molecule has 0 aromatic carbocycles. The Morgan fingerprint density at radius 3 is 2.48 bits per heavy atom. The van der Waals surface area contributed by atoms with Crippen LogP contribution in [-0.4, -0.2) is 38.3 Å². The average molecular weight is 374 g/mol. The van der Waals surface area contributed by atoms with Gasteiger partial charge in [0.05, 0.1) is 16.6 Å². The van der Waals surface area contributed by atoms with Gasteiger partial charge in [-0.1, -0.05) is 20.8 Å². The van der Waals surface area contributed by atoms with E-state index in [9.17, 15) is 9.59 Å². The van der Waals surface area contributed by atoms with Crippen molar-refractivity contribution in [2.45, 2.75) is 66.5 Å². The maximum absolute atomic E-state index is 13.0. The summed E-state index contributed by atoms with van der Waals surface area (Å²) < 4.78 is 7.31. The Hall–Kier alpha value is -2.44. The van der Waals surface area contributed by atoms with Crippen LogP contribution in [0.5, 0.6) is 0 Å². The lowest BCUT2D eigenvalue weighted by Crippen LogP contribution is -2.50. The number of nitrogens with one attached hydrogen (secondary N) is 1. The van der Waals surface area contributed by atoms with Gasteiger partial charge >= 0.3 is 5.97 Å². The summed E-state index contributed by atoms with van der Waals surface area (Å²) in [6, 6.07) is 1.69. The van der Waals surface area contributed by atoms with Crippen LogP contribution in [0, 0.1) is 19.8 Å². The number of hydrogen-bond acceptors (Lipinski definition) is 5. The van der Waals surface area contributed by atoms with Gasteiger partial charge < -0.3 is 10.1 Å². The van der Waals surface area contributed by atoms with E-state index in [1.807, 2.05) is 48.5 Å². The Balaban J connectivity index is 2.37. The molecule has 2 rings (SSSR count). The summed E-state index contributed by atoms with van der Waals surface area (Å²) >= 11 is 0. The number of rotatable bonds is 6. The molecule has 1 N–H and O–H groups in total. The van der Waals surface area contributed by atoms with Crippen molar-refractivity contribution in [3.8, 4) is 0 Å². The lowest BCUT2D eigenvalue weighted by Gasteiger charge is -2.29. The van der Waals surface area contributed by atoms with Gasteiger partial charge in [0.25, 0.3) is 5.91 Å². The highest BCUT2D eigenvalue weighted by Crippen LogP contribution is 2.23. The Morgan fingerprint density at radius 2 is 1.93 bits per heavy atom. The summed E-state index contributed by atoms with van der Waals surface area (Å²) in [5.74, 6) is -0.977. The van der Waals surface area contributed by atoms with Gasteiger partial charge in [-0.3, -0.25) is 9.48 Å². The molecule has 1 amide bonds. The maximum Gasteiger partial charge on any atom is 0.339 e. The van der Waals surface area contributed by atoms with E-state index < -0.39 is 12.1 Å². The minimum Gasteiger partial charge on any atom is -0.448 e. The van der Waals surface area contributed by atoms with Crippen molar-refractivity contribution in [3.05, 3.63) is 23.0 Å². The molecule has 0 radical (unpaired) electrons. The largest absolute Gasteiger partial charge is 0.448 e. The monoisotopic (exact) mass is 374 g/mol. The number of amides is 1. The molecule has 1 atom stereocenters. The molecule has 0 aliphatic rings. The number of carbonyl (C=O) groups is 2. The van der Waals surface area contributed by atoms with Gasteiger partial charge in [0.1, 0.15) is 0 Å². The standard InChI is InChI=1S/C20H30N4O3/c1-9-20(6,7)22-18(25)16(11(2)3)27-19(26)14-10-12(4)21-17-15(14)13(5)23-24(17)8/h10-11,16H,9H2,1-8H3,(H,22,25). The lowest BCUT2D eigenvalue weighted by atomic mass is 9.99. The van der Waals surface area contributed by atoms with E-state index in [1.165, 1.54) is 0 Å². The molecule has 0 aliphatic heterocycles. The van der Waals surface area contributed by atoms with Crippen molar-refractivity contribution in [1.29, 1.82) is 0 Å². The van der Waals surface area contributed by atoms with E-state index >= 15 is 0 Å². The Bertz CT molecular complexity index is 868. The molecule has 7 nitrogen and oxygen atoms in total. The minimum absolute atomic E-state index is 0.157. The predicted octanol–water partition coefficient (Wildman–Crippen LogP) is 3.07. The third-order valence-electron chi connectivity index (χ3n) is 4.76. The number of fused-ring (bicyclic) bond motifs is 1. The van der Waals surface area contributed by atoms with Crippen molar-refractivity contribution >= 4 is 22.9 Å². The van der Waals surface area contributed by atoms with E-state index in [4.69, 9.17) is 4.74 Å². The van der Waals surface area contributed by atoms with Crippen molar-refractivity contribution in [2.24, 2.45) is 13.0 Å². The van der Waals surface area contributed by atoms with Gasteiger partial charge in [0.15, 0.2) is 11.8 Å². The highest BCUT2D eigenvalue weighted by atomic mass is 16.5. The summed E-state index contributed by atoms with van der Waals surface area (Å²) in [6.45, 7) is 13.2. The molecule has 0 aliphatic carbocycles. The molecule has 0 bridgehead atoms. The molecule has 2 aromatic heterocycles. The van der Waals surface area contributed by atoms with E-state index in [-0.39, 0.29) is 17.4 Å². The van der Waals surface area contributed by atoms with Gasteiger partial charge in [-0.2, -0.15) is 5.10 Å². The van der Waals surface area contributed by atoms with E-state index in [0.29, 0.717) is 28.0 Å². The zero-order valence-corrected chi connectivity index (χ0v) is 17.5. The SMILES string of the molecule is CCC(C)(C)NC(=O)C(OC(=O)c1cc(C)nc2c1c(C)nn2C)C(C)C. The molecule has 1 unspecified atom stereocenters. The second kappa shape index (κ2) is 7.66. The van der Waals surface area contributed by atoms with Gasteiger partial charge in [-0.05, 0) is 46.1 Å². The number of hydrogen-bond donors (Lipinski definition) is 1. The number of esters is 1. The van der Waals surface area contributed by atoms with Crippen LogP contribution in [0.25, 0.3) is 11.0 Å². The summed E-state index contributed by atoms with van der Waals surface area (Å²) in [7, 11) is 1.79. The Labute approximate surface area is 160 Å². The van der Waals surface area contributed by atoms with Gasteiger partial charge in [0, 0.05) is 18.3 Å². The molecule has 0 fully saturated rings. The molecule has 0 saturated heterocycles. The minimum atomic E-state index is -0.871. The van der Waals surface area contributed by atoms with Crippen LogP contribution >= 0.6 is 0 Å². The predicted molar refractivity (Wildman–Crippen MR) is 105 cm³/mol. The van der Waals surface area contributed by atoms with Gasteiger partial charge in [0.2, 0.25) is 0 Å². The van der Waals surface area contributed by atoms with Crippen molar-refractivity contribution in [1.82, 2.24) is 20.1 Å². The quantitative estimate of drug-likeness (QED) is 0.785. The molecule has 148 valence electrons. The molecule has 0 saturated carbocycles. The first-order chi connectivity index (χ1) is 12.5. The zero-order chi connectivity index (χ0) is 20.5. The third-order valence-corrected chi connectivity index (χ3v) is 4.76. The van der Waals surface area contributed by atoms with Crippen LogP contribution in [-0.2, 0) is 16.6 Å². The van der Waals surface area contributed by atoms with Crippen LogP contribution in [0.15, 0.2) is 6.07 Å². The van der Waals surface area contributed by atoms with Crippen LogP contribution in [0.3, 0.4) is 0 Å². The van der Waals surface area contributed by atoms with Crippen LogP contribution in [0.4, 0.5) is 0 Å². The lowest BCUT2D eigenvalue weighted by molar-refractivity contribution is -0.133. The van der Waals surface area contributed by atoms with Crippen molar-refractivity contribution < 1.29 is 14.3 Å². The van der Waals surface area contributed by atoms with Crippen molar-refractivity contribution in [3.63, 3.8) is 0 Å². The summed E-state index contributed by atoms with van der Waals surface area (Å²) in [6.07, 6.45) is -0.0971. The van der Waals surface area contributed by atoms with E-state index in [1.54, 1.807) is 17.8 Å². The fraction of sp³-hybridized carbons (Fsp3) is 0.600. The van der Waals surface area contributed by atoms with Crippen LogP contribution in [0.2, 0.25) is 0 Å². The van der Waals surface area contributed by atoms with E-state index in [0.717, 1.165) is 6.42 Å². The van der Waals surface area contributed by atoms with Crippen LogP contribution in [0.1, 0.15) is 62.8 Å². The van der Waals surface area contributed by atoms with Gasteiger partial charge in [-0.15, -0.1) is 0 Å². The first-order valence-electron chi connectivity index (χ1n) is 9.30. The molecular formula is C20H30N4O3. The molecular weight excluding hydrogens is 344 g/mol. The average Bonchev–Trinajstić information content (AvgIpc) is 2.85. The van der Waals surface area contributed by atoms with Gasteiger partial charge in [-0.25, -0.2) is 9.78 Å². The van der Waals surface area contributed by atoms with Crippen LogP contribution < -0.4 is 5.32 Å². The molecule has 27 heavy (non-hydrogen) atoms. The first kappa shape index (κ1) is 20.9. The molecule has 0 spiro atoms. The van der Waals surface area contributed by atoms with Crippen molar-refractivity contribution in [2.75, 3.05) is 0 Å². The number of carbonyl (C=O) groups excluding carboxylic acids is 2. The number of nitrogens with zero attached hydrogens (tertiary/aromatic N) is 3. The second-order valence-electron chi connectivity index (χ2n) is 8.02. The topological polar surface area (TPSA) is 86.1 Å². The fourth-order valence-corrected chi connectivity index (χ4v) is 2.90. The Kier molecular flexibility index (Phi) is 5.92. The zero-order valence-electron chi connectivity index (χ0n) is 17.5. The smallest absolute Gasteiger partial charge is 0.339 e. The number of aryl methyl sites for hydroxylation is 3. The number of aromatic nitrogens is 3. The summed E-state index contributed by atoms with van der Waals surface area (Å²) in [5.41, 5.74) is 2.03. The third kappa shape index (κ3) is 4.46. The fourth-order valence-electron chi connectivity index (χ4n) is 2.90. The summed E-state index contributed by atoms with van der Waals surface area (Å²) in [5, 5.41) is 7.97. The second-order valence-corrected chi connectivity index (χ2v) is 8.02.